The van der Waals surface area contributed by atoms with Crippen LogP contribution in [0.1, 0.15) is 58.3 Å². The molecule has 0 saturated carbocycles. The van der Waals surface area contributed by atoms with Crippen molar-refractivity contribution in [1.82, 2.24) is 0 Å². The zero-order chi connectivity index (χ0) is 12.6. The summed E-state index contributed by atoms with van der Waals surface area (Å²) in [4.78, 5) is 0. The maximum absolute atomic E-state index is 8.58. The van der Waals surface area contributed by atoms with Crippen LogP contribution in [-0.2, 0) is 0 Å². The summed E-state index contributed by atoms with van der Waals surface area (Å²) in [6.07, 6.45) is 22.4. The standard InChI is InChI=1S/C16H28O/c1-2-3-4-5-6-7-8-9-10-11-12-13-14-15-16-17/h6-7,10-13,17H,2-5,8-9,14-16H2,1H3/b7-6?,11-10+,13-12+. The molecule has 0 aliphatic heterocycles. The molecule has 0 aromatic carbocycles. The van der Waals surface area contributed by atoms with Gasteiger partial charge in [0, 0.05) is 6.61 Å². The molecule has 1 N–H and O–H groups in total. The lowest BCUT2D eigenvalue weighted by molar-refractivity contribution is 0.289. The average molecular weight is 236 g/mol. The number of aliphatic hydroxyl groups excluding tert-OH is 1. The molecular formula is C16H28O. The topological polar surface area (TPSA) is 20.2 Å². The SMILES string of the molecule is CCCCCC=CCC/C=C/C=C/CCCO. The summed E-state index contributed by atoms with van der Waals surface area (Å²) >= 11 is 0. The summed E-state index contributed by atoms with van der Waals surface area (Å²) in [5.41, 5.74) is 0. The van der Waals surface area contributed by atoms with Crippen molar-refractivity contribution < 1.29 is 5.11 Å². The molecule has 0 aromatic rings. The fourth-order valence-corrected chi connectivity index (χ4v) is 1.50. The van der Waals surface area contributed by atoms with E-state index in [-0.39, 0.29) is 6.61 Å². The maximum atomic E-state index is 8.58. The lowest BCUT2D eigenvalue weighted by atomic mass is 10.2. The Morgan fingerprint density at radius 2 is 1.29 bits per heavy atom. The van der Waals surface area contributed by atoms with Gasteiger partial charge in [-0.25, -0.2) is 0 Å². The summed E-state index contributed by atoms with van der Waals surface area (Å²) < 4.78 is 0. The van der Waals surface area contributed by atoms with Gasteiger partial charge in [-0.15, -0.1) is 0 Å². The number of unbranched alkanes of at least 4 members (excludes halogenated alkanes) is 5. The third-order valence-corrected chi connectivity index (χ3v) is 2.55. The molecule has 1 nitrogen and oxygen atoms in total. The molecule has 0 spiro atoms. The van der Waals surface area contributed by atoms with E-state index in [9.17, 15) is 0 Å². The molecule has 0 unspecified atom stereocenters. The molecule has 0 rings (SSSR count). The van der Waals surface area contributed by atoms with Gasteiger partial charge in [-0.2, -0.15) is 0 Å². The Morgan fingerprint density at radius 3 is 2.00 bits per heavy atom. The molecule has 0 aliphatic carbocycles. The smallest absolute Gasteiger partial charge is 0.0433 e. The van der Waals surface area contributed by atoms with Crippen molar-refractivity contribution in [2.24, 2.45) is 0 Å². The molecule has 0 atom stereocenters. The van der Waals surface area contributed by atoms with Gasteiger partial charge in [0.15, 0.2) is 0 Å². The minimum absolute atomic E-state index is 0.289. The van der Waals surface area contributed by atoms with E-state index in [1.54, 1.807) is 0 Å². The van der Waals surface area contributed by atoms with E-state index in [1.165, 1.54) is 25.7 Å². The molecule has 0 bridgehead atoms. The minimum Gasteiger partial charge on any atom is -0.396 e. The predicted octanol–water partition coefficient (Wildman–Crippen LogP) is 4.79. The van der Waals surface area contributed by atoms with E-state index in [1.807, 2.05) is 0 Å². The first-order chi connectivity index (χ1) is 8.41. The van der Waals surface area contributed by atoms with Crippen molar-refractivity contribution in [3.63, 3.8) is 0 Å². The second kappa shape index (κ2) is 15.2. The number of hydrogen-bond donors (Lipinski definition) is 1. The van der Waals surface area contributed by atoms with Crippen LogP contribution in [0.15, 0.2) is 36.5 Å². The number of rotatable bonds is 11. The van der Waals surface area contributed by atoms with Crippen molar-refractivity contribution in [2.75, 3.05) is 6.61 Å². The highest BCUT2D eigenvalue weighted by Crippen LogP contribution is 2.01. The van der Waals surface area contributed by atoms with Gasteiger partial charge in [-0.1, -0.05) is 56.2 Å². The zero-order valence-electron chi connectivity index (χ0n) is 11.3. The molecule has 0 fully saturated rings. The Balaban J connectivity index is 3.26. The zero-order valence-corrected chi connectivity index (χ0v) is 11.3. The lowest BCUT2D eigenvalue weighted by Gasteiger charge is -1.91. The lowest BCUT2D eigenvalue weighted by Crippen LogP contribution is -1.77. The molecule has 17 heavy (non-hydrogen) atoms. The first-order valence-corrected chi connectivity index (χ1v) is 6.99. The maximum Gasteiger partial charge on any atom is 0.0433 e. The third-order valence-electron chi connectivity index (χ3n) is 2.55. The highest BCUT2D eigenvalue weighted by molar-refractivity contribution is 5.02. The fraction of sp³-hybridized carbons (Fsp3) is 0.625. The first-order valence-electron chi connectivity index (χ1n) is 6.99. The van der Waals surface area contributed by atoms with Gasteiger partial charge in [0.1, 0.15) is 0 Å². The summed E-state index contributed by atoms with van der Waals surface area (Å²) in [5.74, 6) is 0. The Hall–Kier alpha value is -0.820. The molecule has 0 radical (unpaired) electrons. The van der Waals surface area contributed by atoms with Crippen LogP contribution in [0.25, 0.3) is 0 Å². The van der Waals surface area contributed by atoms with Crippen LogP contribution in [0.3, 0.4) is 0 Å². The van der Waals surface area contributed by atoms with Crippen LogP contribution in [0.2, 0.25) is 0 Å². The van der Waals surface area contributed by atoms with Crippen LogP contribution in [-0.4, -0.2) is 11.7 Å². The van der Waals surface area contributed by atoms with Gasteiger partial charge in [0.25, 0.3) is 0 Å². The van der Waals surface area contributed by atoms with E-state index in [0.29, 0.717) is 0 Å². The van der Waals surface area contributed by atoms with E-state index < -0.39 is 0 Å². The van der Waals surface area contributed by atoms with Crippen molar-refractivity contribution in [3.05, 3.63) is 36.5 Å². The van der Waals surface area contributed by atoms with Gasteiger partial charge in [0.2, 0.25) is 0 Å². The molecule has 0 heterocycles. The Bertz CT molecular complexity index is 214. The molecule has 1 heteroatoms. The fourth-order valence-electron chi connectivity index (χ4n) is 1.50. The van der Waals surface area contributed by atoms with Gasteiger partial charge >= 0.3 is 0 Å². The normalized spacial score (nSPS) is 12.4. The van der Waals surface area contributed by atoms with E-state index in [0.717, 1.165) is 25.7 Å². The highest BCUT2D eigenvalue weighted by Gasteiger charge is 1.81. The molecule has 98 valence electrons. The molecule has 0 saturated heterocycles. The summed E-state index contributed by atoms with van der Waals surface area (Å²) in [7, 11) is 0. The van der Waals surface area contributed by atoms with Crippen LogP contribution in [0.4, 0.5) is 0 Å². The van der Waals surface area contributed by atoms with Crippen LogP contribution in [0, 0.1) is 0 Å². The Morgan fingerprint density at radius 1 is 0.706 bits per heavy atom. The largest absolute Gasteiger partial charge is 0.396 e. The Kier molecular flexibility index (Phi) is 14.4. The second-order valence-corrected chi connectivity index (χ2v) is 4.27. The average Bonchev–Trinajstić information content (AvgIpc) is 2.35. The predicted molar refractivity (Wildman–Crippen MR) is 77.1 cm³/mol. The van der Waals surface area contributed by atoms with Crippen LogP contribution < -0.4 is 0 Å². The summed E-state index contributed by atoms with van der Waals surface area (Å²) in [6.45, 7) is 2.53. The van der Waals surface area contributed by atoms with Crippen molar-refractivity contribution in [2.45, 2.75) is 58.3 Å². The monoisotopic (exact) mass is 236 g/mol. The van der Waals surface area contributed by atoms with Crippen LogP contribution in [0.5, 0.6) is 0 Å². The highest BCUT2D eigenvalue weighted by atomic mass is 16.2. The second-order valence-electron chi connectivity index (χ2n) is 4.27. The first kappa shape index (κ1) is 16.2. The molecular weight excluding hydrogens is 208 g/mol. The van der Waals surface area contributed by atoms with Gasteiger partial charge in [0.05, 0.1) is 0 Å². The van der Waals surface area contributed by atoms with E-state index in [4.69, 9.17) is 5.11 Å². The molecule has 0 aromatic heterocycles. The van der Waals surface area contributed by atoms with Crippen LogP contribution >= 0.6 is 0 Å². The summed E-state index contributed by atoms with van der Waals surface area (Å²) in [5, 5.41) is 8.58. The number of allylic oxidation sites excluding steroid dienone is 6. The van der Waals surface area contributed by atoms with Gasteiger partial charge in [-0.05, 0) is 38.5 Å². The Labute approximate surface area is 107 Å². The van der Waals surface area contributed by atoms with Gasteiger partial charge < -0.3 is 5.11 Å². The third kappa shape index (κ3) is 15.2. The molecule has 0 amide bonds. The van der Waals surface area contributed by atoms with E-state index in [2.05, 4.69) is 43.4 Å². The minimum atomic E-state index is 0.289. The van der Waals surface area contributed by atoms with Crippen molar-refractivity contribution >= 4 is 0 Å². The summed E-state index contributed by atoms with van der Waals surface area (Å²) in [6, 6.07) is 0. The molecule has 0 aliphatic rings. The van der Waals surface area contributed by atoms with E-state index >= 15 is 0 Å². The van der Waals surface area contributed by atoms with Gasteiger partial charge in [-0.3, -0.25) is 0 Å². The number of hydrogen-bond acceptors (Lipinski definition) is 1. The van der Waals surface area contributed by atoms with Crippen molar-refractivity contribution in [3.8, 4) is 0 Å². The quantitative estimate of drug-likeness (QED) is 0.311. The number of aliphatic hydroxyl groups is 1. The van der Waals surface area contributed by atoms with Crippen molar-refractivity contribution in [1.29, 1.82) is 0 Å².